The highest BCUT2D eigenvalue weighted by molar-refractivity contribution is 7.91. The van der Waals surface area contributed by atoms with Gasteiger partial charge in [-0.1, -0.05) is 13.3 Å². The second kappa shape index (κ2) is 8.90. The minimum absolute atomic E-state index is 0.0165. The number of sulfone groups is 1. The van der Waals surface area contributed by atoms with Gasteiger partial charge in [0.2, 0.25) is 0 Å². The van der Waals surface area contributed by atoms with Crippen LogP contribution in [0.5, 0.6) is 11.5 Å². The van der Waals surface area contributed by atoms with Crippen molar-refractivity contribution in [3.8, 4) is 17.6 Å². The van der Waals surface area contributed by atoms with Crippen LogP contribution in [0, 0.1) is 11.3 Å². The molecular weight excluding hydrogens is 356 g/mol. The molecule has 1 fully saturated rings. The van der Waals surface area contributed by atoms with Crippen LogP contribution in [0.4, 0.5) is 0 Å². The molecule has 1 aromatic carbocycles. The number of hydrogen-bond acceptors (Lipinski definition) is 6. The summed E-state index contributed by atoms with van der Waals surface area (Å²) in [4.78, 5) is 14.3. The lowest BCUT2D eigenvalue weighted by Crippen LogP contribution is -2.44. The maximum Gasteiger partial charge on any atom is 0.260 e. The van der Waals surface area contributed by atoms with Crippen LogP contribution in [0.3, 0.4) is 0 Å². The van der Waals surface area contributed by atoms with Crippen LogP contribution in [-0.2, 0) is 14.6 Å². The summed E-state index contributed by atoms with van der Waals surface area (Å²) in [5.74, 6) is 0.641. The van der Waals surface area contributed by atoms with E-state index in [1.54, 1.807) is 17.0 Å². The molecule has 0 aromatic heterocycles. The van der Waals surface area contributed by atoms with Crippen molar-refractivity contribution in [2.45, 2.75) is 32.2 Å². The van der Waals surface area contributed by atoms with Gasteiger partial charge in [0, 0.05) is 18.7 Å². The predicted octanol–water partition coefficient (Wildman–Crippen LogP) is 1.76. The quantitative estimate of drug-likeness (QED) is 0.682. The topological polar surface area (TPSA) is 96.7 Å². The Morgan fingerprint density at radius 2 is 2.15 bits per heavy atom. The zero-order valence-electron chi connectivity index (χ0n) is 15.1. The Morgan fingerprint density at radius 1 is 1.38 bits per heavy atom. The molecule has 1 saturated heterocycles. The molecule has 142 valence electrons. The van der Waals surface area contributed by atoms with Crippen LogP contribution in [0.1, 0.15) is 31.7 Å². The molecule has 2 rings (SSSR count). The summed E-state index contributed by atoms with van der Waals surface area (Å²) in [6.07, 6.45) is 2.19. The maximum absolute atomic E-state index is 12.7. The van der Waals surface area contributed by atoms with Gasteiger partial charge >= 0.3 is 0 Å². The van der Waals surface area contributed by atoms with Gasteiger partial charge in [0.25, 0.3) is 5.91 Å². The highest BCUT2D eigenvalue weighted by Gasteiger charge is 2.34. The number of ether oxygens (including phenoxy) is 2. The standard InChI is InChI=1S/C18H24N2O5S/c1-3-4-8-20(15-7-9-26(22,23)13-15)18(21)12-25-16-6-5-14(11-19)10-17(16)24-2/h5-6,10,15H,3-4,7-9,12-13H2,1-2H3. The fraction of sp³-hybridized carbons (Fsp3) is 0.556. The summed E-state index contributed by atoms with van der Waals surface area (Å²) in [6.45, 7) is 2.33. The fourth-order valence-electron chi connectivity index (χ4n) is 2.94. The third kappa shape index (κ3) is 5.11. The molecule has 0 radical (unpaired) electrons. The number of rotatable bonds is 8. The van der Waals surface area contributed by atoms with Crippen molar-refractivity contribution in [3.63, 3.8) is 0 Å². The summed E-state index contributed by atoms with van der Waals surface area (Å²) in [5.41, 5.74) is 0.432. The van der Waals surface area contributed by atoms with Crippen molar-refractivity contribution in [2.24, 2.45) is 0 Å². The van der Waals surface area contributed by atoms with Crippen LogP contribution in [0.25, 0.3) is 0 Å². The Morgan fingerprint density at radius 3 is 2.73 bits per heavy atom. The lowest BCUT2D eigenvalue weighted by Gasteiger charge is -2.28. The van der Waals surface area contributed by atoms with E-state index in [0.29, 0.717) is 30.0 Å². The minimum atomic E-state index is -3.07. The smallest absolute Gasteiger partial charge is 0.260 e. The number of methoxy groups -OCH3 is 1. The molecule has 1 amide bonds. The zero-order chi connectivity index (χ0) is 19.2. The Kier molecular flexibility index (Phi) is 6.86. The lowest BCUT2D eigenvalue weighted by molar-refractivity contribution is -0.135. The van der Waals surface area contributed by atoms with E-state index in [-0.39, 0.29) is 30.1 Å². The van der Waals surface area contributed by atoms with Gasteiger partial charge in [-0.05, 0) is 25.0 Å². The average Bonchev–Trinajstić information content (AvgIpc) is 2.99. The largest absolute Gasteiger partial charge is 0.493 e. The number of carbonyl (C=O) groups excluding carboxylic acids is 1. The van der Waals surface area contributed by atoms with Gasteiger partial charge in [0.05, 0.1) is 30.2 Å². The van der Waals surface area contributed by atoms with Gasteiger partial charge < -0.3 is 14.4 Å². The van der Waals surface area contributed by atoms with Crippen LogP contribution >= 0.6 is 0 Å². The summed E-state index contributed by atoms with van der Waals surface area (Å²) in [5, 5.41) is 8.93. The number of hydrogen-bond donors (Lipinski definition) is 0. The fourth-order valence-corrected chi connectivity index (χ4v) is 4.67. The Hall–Kier alpha value is -2.27. The molecule has 0 bridgehead atoms. The second-order valence-corrected chi connectivity index (χ2v) is 8.49. The van der Waals surface area contributed by atoms with Crippen LogP contribution in [0.2, 0.25) is 0 Å². The number of benzene rings is 1. The summed E-state index contributed by atoms with van der Waals surface area (Å²) in [6, 6.07) is 6.43. The molecule has 1 unspecified atom stereocenters. The van der Waals surface area contributed by atoms with E-state index in [1.165, 1.54) is 13.2 Å². The first kappa shape index (κ1) is 20.0. The third-order valence-corrected chi connectivity index (χ3v) is 6.12. The summed E-state index contributed by atoms with van der Waals surface area (Å²) in [7, 11) is -1.61. The van der Waals surface area contributed by atoms with Crippen molar-refractivity contribution in [2.75, 3.05) is 31.8 Å². The highest BCUT2D eigenvalue weighted by Crippen LogP contribution is 2.28. The number of nitrogens with zero attached hydrogens (tertiary/aromatic N) is 2. The van der Waals surface area contributed by atoms with E-state index < -0.39 is 9.84 Å². The van der Waals surface area contributed by atoms with Gasteiger partial charge in [-0.2, -0.15) is 5.26 Å². The summed E-state index contributed by atoms with van der Waals surface area (Å²) >= 11 is 0. The van der Waals surface area contributed by atoms with E-state index in [2.05, 4.69) is 0 Å². The predicted molar refractivity (Wildman–Crippen MR) is 96.9 cm³/mol. The van der Waals surface area contributed by atoms with Crippen molar-refractivity contribution in [1.29, 1.82) is 5.26 Å². The van der Waals surface area contributed by atoms with Gasteiger partial charge in [0.1, 0.15) is 0 Å². The SMILES string of the molecule is CCCCN(C(=O)COc1ccc(C#N)cc1OC)C1CCS(=O)(=O)C1. The number of amides is 1. The minimum Gasteiger partial charge on any atom is -0.493 e. The molecule has 0 saturated carbocycles. The van der Waals surface area contributed by atoms with E-state index in [4.69, 9.17) is 14.7 Å². The first-order chi connectivity index (χ1) is 12.4. The number of unbranched alkanes of at least 4 members (excludes halogenated alkanes) is 1. The Balaban J connectivity index is 2.06. The molecule has 1 heterocycles. The number of carbonyl (C=O) groups is 1. The van der Waals surface area contributed by atoms with Gasteiger partial charge in [-0.25, -0.2) is 8.42 Å². The molecule has 7 nitrogen and oxygen atoms in total. The van der Waals surface area contributed by atoms with Gasteiger partial charge in [-0.15, -0.1) is 0 Å². The van der Waals surface area contributed by atoms with E-state index in [0.717, 1.165) is 12.8 Å². The maximum atomic E-state index is 12.7. The van der Waals surface area contributed by atoms with Crippen LogP contribution in [-0.4, -0.2) is 57.0 Å². The third-order valence-electron chi connectivity index (χ3n) is 4.37. The zero-order valence-corrected chi connectivity index (χ0v) is 15.9. The van der Waals surface area contributed by atoms with Crippen LogP contribution < -0.4 is 9.47 Å². The molecule has 8 heteroatoms. The molecule has 0 N–H and O–H groups in total. The monoisotopic (exact) mass is 380 g/mol. The van der Waals surface area contributed by atoms with E-state index in [1.807, 2.05) is 13.0 Å². The van der Waals surface area contributed by atoms with Crippen molar-refractivity contribution in [1.82, 2.24) is 4.90 Å². The van der Waals surface area contributed by atoms with Crippen molar-refractivity contribution in [3.05, 3.63) is 23.8 Å². The second-order valence-electron chi connectivity index (χ2n) is 6.26. The molecule has 1 atom stereocenters. The molecule has 1 aliphatic rings. The molecule has 1 aromatic rings. The van der Waals surface area contributed by atoms with Crippen molar-refractivity contribution >= 4 is 15.7 Å². The van der Waals surface area contributed by atoms with Crippen LogP contribution in [0.15, 0.2) is 18.2 Å². The van der Waals surface area contributed by atoms with Gasteiger partial charge in [0.15, 0.2) is 27.9 Å². The number of nitriles is 1. The average molecular weight is 380 g/mol. The normalized spacial score (nSPS) is 18.1. The molecule has 0 spiro atoms. The lowest BCUT2D eigenvalue weighted by atomic mass is 10.2. The first-order valence-electron chi connectivity index (χ1n) is 8.61. The van der Waals surface area contributed by atoms with E-state index in [9.17, 15) is 13.2 Å². The molecule has 26 heavy (non-hydrogen) atoms. The Bertz CT molecular complexity index is 785. The van der Waals surface area contributed by atoms with Crippen molar-refractivity contribution < 1.29 is 22.7 Å². The van der Waals surface area contributed by atoms with Gasteiger partial charge in [-0.3, -0.25) is 4.79 Å². The molecule has 0 aliphatic carbocycles. The van der Waals surface area contributed by atoms with E-state index >= 15 is 0 Å². The first-order valence-corrected chi connectivity index (χ1v) is 10.4. The molecular formula is C18H24N2O5S. The molecule has 1 aliphatic heterocycles. The Labute approximate surface area is 154 Å². The highest BCUT2D eigenvalue weighted by atomic mass is 32.2. The summed E-state index contributed by atoms with van der Waals surface area (Å²) < 4.78 is 34.3.